The first-order valence-corrected chi connectivity index (χ1v) is 14.7. The molecule has 0 atom stereocenters. The minimum atomic E-state index is -0.408. The minimum Gasteiger partial charge on any atom is -0.492 e. The van der Waals surface area contributed by atoms with Crippen molar-refractivity contribution in [2.75, 3.05) is 55.0 Å². The first-order chi connectivity index (χ1) is 20.1. The topological polar surface area (TPSA) is 91.9 Å². The molecule has 3 amide bonds. The van der Waals surface area contributed by atoms with Crippen molar-refractivity contribution in [1.82, 2.24) is 5.32 Å². The molecule has 41 heavy (non-hydrogen) atoms. The van der Waals surface area contributed by atoms with Gasteiger partial charge in [-0.1, -0.05) is 42.5 Å². The Hall–Kier alpha value is -4.04. The van der Waals surface area contributed by atoms with Gasteiger partial charge in [-0.15, -0.1) is 0 Å². The fraction of sp³-hybridized carbons (Fsp3) is 0.394. The number of hydrogen-bond acceptors (Lipinski definition) is 5. The van der Waals surface area contributed by atoms with Crippen LogP contribution >= 0.6 is 0 Å². The van der Waals surface area contributed by atoms with E-state index in [1.807, 2.05) is 44.2 Å². The molecular formula is C33H42N4O4. The molecule has 3 aromatic rings. The van der Waals surface area contributed by atoms with Crippen molar-refractivity contribution in [1.29, 1.82) is 0 Å². The molecule has 0 aromatic heterocycles. The van der Waals surface area contributed by atoms with Crippen molar-refractivity contribution < 1.29 is 19.1 Å². The van der Waals surface area contributed by atoms with Crippen molar-refractivity contribution in [3.8, 4) is 5.75 Å². The van der Waals surface area contributed by atoms with Crippen LogP contribution in [0.4, 0.5) is 21.9 Å². The smallest absolute Gasteiger partial charge is 0.323 e. The van der Waals surface area contributed by atoms with Crippen LogP contribution in [-0.2, 0) is 11.2 Å². The molecule has 1 fully saturated rings. The van der Waals surface area contributed by atoms with Crippen LogP contribution in [0, 0.1) is 5.92 Å². The zero-order valence-corrected chi connectivity index (χ0v) is 24.2. The number of ether oxygens (including phenoxy) is 2. The molecule has 8 heteroatoms. The number of carbonyl (C=O) groups excluding carboxylic acids is 2. The maximum absolute atomic E-state index is 13.4. The number of nitrogens with one attached hydrogen (secondary N) is 3. The summed E-state index contributed by atoms with van der Waals surface area (Å²) in [6.45, 7) is 7.88. The van der Waals surface area contributed by atoms with Gasteiger partial charge in [-0.25, -0.2) is 4.79 Å². The van der Waals surface area contributed by atoms with Gasteiger partial charge in [0.2, 0.25) is 0 Å². The van der Waals surface area contributed by atoms with Crippen molar-refractivity contribution >= 4 is 29.0 Å². The molecule has 3 N–H and O–H groups in total. The highest BCUT2D eigenvalue weighted by Crippen LogP contribution is 2.30. The summed E-state index contributed by atoms with van der Waals surface area (Å²) < 4.78 is 11.0. The SMILES string of the molecule is CCOCCCNC(=O)c1cc(NC(=O)Nc2ccccc2OCC)ccc1N1CCC(Cc2ccccc2)CC1. The molecule has 0 bridgehead atoms. The van der Waals surface area contributed by atoms with E-state index in [2.05, 4.69) is 51.2 Å². The van der Waals surface area contributed by atoms with Crippen LogP contribution in [0.25, 0.3) is 0 Å². The quantitative estimate of drug-likeness (QED) is 0.213. The minimum absolute atomic E-state index is 0.159. The Labute approximate surface area is 243 Å². The van der Waals surface area contributed by atoms with Crippen molar-refractivity contribution in [2.24, 2.45) is 5.92 Å². The molecule has 1 heterocycles. The molecule has 1 aliphatic heterocycles. The molecule has 4 rings (SSSR count). The van der Waals surface area contributed by atoms with Crippen LogP contribution in [0.1, 0.15) is 49.0 Å². The molecule has 0 aliphatic carbocycles. The fourth-order valence-electron chi connectivity index (χ4n) is 5.15. The number of para-hydroxylation sites is 2. The second-order valence-electron chi connectivity index (χ2n) is 10.2. The van der Waals surface area contributed by atoms with E-state index in [-0.39, 0.29) is 5.91 Å². The average molecular weight is 559 g/mol. The largest absolute Gasteiger partial charge is 0.492 e. The van der Waals surface area contributed by atoms with Crippen molar-refractivity contribution in [2.45, 2.75) is 39.5 Å². The third kappa shape index (κ3) is 8.98. The molecule has 8 nitrogen and oxygen atoms in total. The number of rotatable bonds is 13. The lowest BCUT2D eigenvalue weighted by molar-refractivity contribution is 0.0944. The van der Waals surface area contributed by atoms with Gasteiger partial charge in [0.25, 0.3) is 5.91 Å². The number of nitrogens with zero attached hydrogens (tertiary/aromatic N) is 1. The van der Waals surface area contributed by atoms with Gasteiger partial charge in [0.1, 0.15) is 5.75 Å². The fourth-order valence-corrected chi connectivity index (χ4v) is 5.15. The van der Waals surface area contributed by atoms with E-state index in [0.29, 0.717) is 55.0 Å². The van der Waals surface area contributed by atoms with Crippen LogP contribution in [0.2, 0.25) is 0 Å². The summed E-state index contributed by atoms with van der Waals surface area (Å²) in [6.07, 6.45) is 3.93. The highest BCUT2D eigenvalue weighted by Gasteiger charge is 2.24. The highest BCUT2D eigenvalue weighted by atomic mass is 16.5. The van der Waals surface area contributed by atoms with Crippen LogP contribution in [0.5, 0.6) is 5.75 Å². The summed E-state index contributed by atoms with van der Waals surface area (Å²) in [5.41, 5.74) is 3.93. The summed E-state index contributed by atoms with van der Waals surface area (Å²) in [5.74, 6) is 1.06. The van der Waals surface area contributed by atoms with E-state index in [1.165, 1.54) is 5.56 Å². The van der Waals surface area contributed by atoms with E-state index < -0.39 is 6.03 Å². The molecule has 1 saturated heterocycles. The maximum atomic E-state index is 13.4. The monoisotopic (exact) mass is 558 g/mol. The van der Waals surface area contributed by atoms with E-state index in [1.54, 1.807) is 12.1 Å². The average Bonchev–Trinajstić information content (AvgIpc) is 2.99. The lowest BCUT2D eigenvalue weighted by Gasteiger charge is -2.35. The lowest BCUT2D eigenvalue weighted by atomic mass is 9.89. The van der Waals surface area contributed by atoms with Gasteiger partial charge >= 0.3 is 6.03 Å². The number of urea groups is 1. The second-order valence-corrected chi connectivity index (χ2v) is 10.2. The third-order valence-corrected chi connectivity index (χ3v) is 7.21. The van der Waals surface area contributed by atoms with Crippen LogP contribution in [0.15, 0.2) is 72.8 Å². The number of amides is 3. The number of anilines is 3. The predicted molar refractivity (Wildman–Crippen MR) is 165 cm³/mol. The summed E-state index contributed by atoms with van der Waals surface area (Å²) in [7, 11) is 0. The van der Waals surface area contributed by atoms with E-state index in [4.69, 9.17) is 9.47 Å². The molecular weight excluding hydrogens is 516 g/mol. The van der Waals surface area contributed by atoms with E-state index >= 15 is 0 Å². The molecule has 218 valence electrons. The van der Waals surface area contributed by atoms with E-state index in [9.17, 15) is 9.59 Å². The van der Waals surface area contributed by atoms with Crippen molar-refractivity contribution in [3.05, 3.63) is 83.9 Å². The van der Waals surface area contributed by atoms with Gasteiger partial charge in [-0.05, 0) is 81.3 Å². The summed E-state index contributed by atoms with van der Waals surface area (Å²) >= 11 is 0. The van der Waals surface area contributed by atoms with Gasteiger partial charge in [0.15, 0.2) is 0 Å². The predicted octanol–water partition coefficient (Wildman–Crippen LogP) is 6.34. The Kier molecular flexibility index (Phi) is 11.4. The number of piperidine rings is 1. The highest BCUT2D eigenvalue weighted by molar-refractivity contribution is 6.04. The molecule has 3 aromatic carbocycles. The van der Waals surface area contributed by atoms with Crippen LogP contribution < -0.4 is 25.6 Å². The standard InChI is InChI=1S/C33H42N4O4/c1-3-40-22-10-19-34-32(38)28-24-27(35-33(39)36-29-13-8-9-14-31(29)41-4-2)15-16-30(28)37-20-17-26(18-21-37)23-25-11-6-5-7-12-25/h5-9,11-16,24,26H,3-4,10,17-23H2,1-2H3,(H,34,38)(H2,35,36,39). The molecule has 0 saturated carbocycles. The Morgan fingerprint density at radius 2 is 1.66 bits per heavy atom. The molecule has 1 aliphatic rings. The Morgan fingerprint density at radius 3 is 2.41 bits per heavy atom. The van der Waals surface area contributed by atoms with Crippen LogP contribution in [-0.4, -0.2) is 51.4 Å². The van der Waals surface area contributed by atoms with E-state index in [0.717, 1.165) is 44.5 Å². The Morgan fingerprint density at radius 1 is 0.902 bits per heavy atom. The van der Waals surface area contributed by atoms with Crippen molar-refractivity contribution in [3.63, 3.8) is 0 Å². The van der Waals surface area contributed by atoms with Gasteiger partial charge in [0.05, 0.1) is 17.9 Å². The Bertz CT molecular complexity index is 1260. The zero-order chi connectivity index (χ0) is 28.9. The second kappa shape index (κ2) is 15.7. The number of carbonyl (C=O) groups is 2. The van der Waals surface area contributed by atoms with Gasteiger partial charge in [-0.2, -0.15) is 0 Å². The van der Waals surface area contributed by atoms with Crippen LogP contribution in [0.3, 0.4) is 0 Å². The first kappa shape index (κ1) is 29.9. The maximum Gasteiger partial charge on any atom is 0.323 e. The summed E-state index contributed by atoms with van der Waals surface area (Å²) in [5, 5.41) is 8.76. The molecule has 0 spiro atoms. The molecule has 0 radical (unpaired) electrons. The number of hydrogen-bond donors (Lipinski definition) is 3. The summed E-state index contributed by atoms with van der Waals surface area (Å²) in [6, 6.07) is 23.1. The van der Waals surface area contributed by atoms with Gasteiger partial charge in [-0.3, -0.25) is 4.79 Å². The van der Waals surface area contributed by atoms with Gasteiger partial charge in [0, 0.05) is 44.2 Å². The normalized spacial score (nSPS) is 13.5. The molecule has 0 unspecified atom stereocenters. The summed E-state index contributed by atoms with van der Waals surface area (Å²) in [4.78, 5) is 28.5. The number of benzene rings is 3. The van der Waals surface area contributed by atoms with Gasteiger partial charge < -0.3 is 30.3 Å². The third-order valence-electron chi connectivity index (χ3n) is 7.21. The Balaban J connectivity index is 1.45. The lowest BCUT2D eigenvalue weighted by Crippen LogP contribution is -2.36. The first-order valence-electron chi connectivity index (χ1n) is 14.7. The zero-order valence-electron chi connectivity index (χ0n) is 24.2.